The summed E-state index contributed by atoms with van der Waals surface area (Å²) in [7, 11) is 5.80. The summed E-state index contributed by atoms with van der Waals surface area (Å²) in [5, 5.41) is 10.5. The number of nitrogens with zero attached hydrogens (tertiary/aromatic N) is 7. The van der Waals surface area contributed by atoms with Crippen molar-refractivity contribution in [3.8, 4) is 11.3 Å². The average molecular weight is 659 g/mol. The highest BCUT2D eigenvalue weighted by molar-refractivity contribution is 5.97. The fraction of sp³-hybridized carbons (Fsp3) is 0.410. The first-order valence-electron chi connectivity index (χ1n) is 17.4. The van der Waals surface area contributed by atoms with Gasteiger partial charge in [0.15, 0.2) is 11.4 Å². The molecule has 0 spiro atoms. The van der Waals surface area contributed by atoms with Crippen LogP contribution in [0, 0.1) is 0 Å². The Balaban J connectivity index is 1.18. The van der Waals surface area contributed by atoms with Crippen molar-refractivity contribution in [1.29, 1.82) is 0 Å². The lowest BCUT2D eigenvalue weighted by Crippen LogP contribution is -2.46. The molecule has 2 bridgehead atoms. The van der Waals surface area contributed by atoms with E-state index in [2.05, 4.69) is 60.5 Å². The number of carbonyl (C=O) groups excluding carboxylic acids is 1. The lowest BCUT2D eigenvalue weighted by atomic mass is 9.97. The summed E-state index contributed by atoms with van der Waals surface area (Å²) in [6, 6.07) is 17.4. The Morgan fingerprint density at radius 1 is 1.08 bits per heavy atom. The van der Waals surface area contributed by atoms with E-state index in [0.717, 1.165) is 82.5 Å². The van der Waals surface area contributed by atoms with Gasteiger partial charge in [0, 0.05) is 61.4 Å². The van der Waals surface area contributed by atoms with Crippen molar-refractivity contribution in [3.05, 3.63) is 89.8 Å². The molecule has 0 saturated carbocycles. The summed E-state index contributed by atoms with van der Waals surface area (Å²) in [5.74, 6) is 1.82. The Labute approximate surface area is 288 Å². The number of benzene rings is 2. The molecule has 0 radical (unpaired) electrons. The van der Waals surface area contributed by atoms with E-state index in [-0.39, 0.29) is 11.7 Å². The number of pyridine rings is 1. The first-order chi connectivity index (χ1) is 23.8. The van der Waals surface area contributed by atoms with E-state index in [1.807, 2.05) is 61.2 Å². The number of ether oxygens (including phenoxy) is 1. The van der Waals surface area contributed by atoms with Crippen LogP contribution >= 0.6 is 0 Å². The predicted molar refractivity (Wildman–Crippen MR) is 195 cm³/mol. The highest BCUT2D eigenvalue weighted by Gasteiger charge is 2.42. The fourth-order valence-electron chi connectivity index (χ4n) is 7.45. The van der Waals surface area contributed by atoms with Gasteiger partial charge >= 0.3 is 0 Å². The molecule has 0 aliphatic carbocycles. The van der Waals surface area contributed by atoms with E-state index in [1.165, 1.54) is 0 Å². The number of likely N-dealkylation sites (N-methyl/N-ethyl adjacent to an activating group) is 1. The molecule has 5 heterocycles. The minimum absolute atomic E-state index is 0.0960. The molecule has 10 heteroatoms. The molecule has 5 aromatic rings. The first kappa shape index (κ1) is 32.9. The van der Waals surface area contributed by atoms with Gasteiger partial charge in [-0.15, -0.1) is 0 Å². The van der Waals surface area contributed by atoms with Crippen molar-refractivity contribution < 1.29 is 9.53 Å². The van der Waals surface area contributed by atoms with Crippen molar-refractivity contribution in [2.24, 2.45) is 0 Å². The predicted octanol–water partition coefficient (Wildman–Crippen LogP) is 6.45. The number of carbonyl (C=O) groups is 1. The maximum atomic E-state index is 12.6. The Morgan fingerprint density at radius 2 is 1.88 bits per heavy atom. The number of methoxy groups -OCH3 is 1. The van der Waals surface area contributed by atoms with Crippen LogP contribution in [0.3, 0.4) is 0 Å². The number of hydrogen-bond acceptors (Lipinski definition) is 9. The quantitative estimate of drug-likeness (QED) is 0.152. The van der Waals surface area contributed by atoms with E-state index < -0.39 is 0 Å². The standard InChI is InChI=1S/C39H46N8O2/c1-25(2)35-24-42-47-37(35)43-39(46-29-13-14-30(46)22-32(21-29)49-5)44-38(47)41-23-28-9-6-7-11-33(28)36-34-15-12-26(19-27(34)16-17-40-36)20-31(48)10-8-18-45(3)4/h6-12,15-17,19,24-25,29-30,32H,13-14,18,20-23H2,1-5H3,(H,41,43,44)/b10-8+. The first-order valence-corrected chi connectivity index (χ1v) is 17.4. The Kier molecular flexibility index (Phi) is 9.42. The van der Waals surface area contributed by atoms with Crippen LogP contribution < -0.4 is 10.2 Å². The number of nitrogens with one attached hydrogen (secondary N) is 1. The maximum absolute atomic E-state index is 12.6. The lowest BCUT2D eigenvalue weighted by molar-refractivity contribution is -0.114. The smallest absolute Gasteiger partial charge is 0.231 e. The van der Waals surface area contributed by atoms with Gasteiger partial charge in [-0.05, 0) is 74.4 Å². The molecule has 49 heavy (non-hydrogen) atoms. The third-order valence-corrected chi connectivity index (χ3v) is 9.95. The number of aromatic nitrogens is 5. The summed E-state index contributed by atoms with van der Waals surface area (Å²) >= 11 is 0. The number of piperidine rings is 1. The van der Waals surface area contributed by atoms with Gasteiger partial charge in [-0.25, -0.2) is 0 Å². The van der Waals surface area contributed by atoms with Gasteiger partial charge in [0.25, 0.3) is 0 Å². The second-order valence-corrected chi connectivity index (χ2v) is 14.0. The molecule has 7 rings (SSSR count). The molecule has 2 atom stereocenters. The molecule has 2 aliphatic heterocycles. The van der Waals surface area contributed by atoms with Gasteiger partial charge in [0.05, 0.1) is 18.0 Å². The monoisotopic (exact) mass is 658 g/mol. The van der Waals surface area contributed by atoms with Crippen LogP contribution in [0.5, 0.6) is 0 Å². The number of allylic oxidation sites excluding steroid dienone is 1. The zero-order valence-corrected chi connectivity index (χ0v) is 29.1. The number of anilines is 2. The van der Waals surface area contributed by atoms with Gasteiger partial charge < -0.3 is 19.9 Å². The Hall–Kier alpha value is -4.67. The summed E-state index contributed by atoms with van der Waals surface area (Å²) in [6.45, 7) is 5.63. The molecule has 2 aliphatic rings. The summed E-state index contributed by atoms with van der Waals surface area (Å²) < 4.78 is 7.62. The van der Waals surface area contributed by atoms with Crippen molar-refractivity contribution in [2.45, 2.75) is 76.6 Å². The third-order valence-electron chi connectivity index (χ3n) is 9.95. The molecule has 2 saturated heterocycles. The fourth-order valence-corrected chi connectivity index (χ4v) is 7.45. The highest BCUT2D eigenvalue weighted by Crippen LogP contribution is 2.40. The molecular weight excluding hydrogens is 612 g/mol. The van der Waals surface area contributed by atoms with Crippen LogP contribution in [0.25, 0.3) is 27.7 Å². The number of rotatable bonds is 12. The van der Waals surface area contributed by atoms with Crippen molar-refractivity contribution in [1.82, 2.24) is 29.5 Å². The number of fused-ring (bicyclic) bond motifs is 4. The van der Waals surface area contributed by atoms with Crippen LogP contribution in [0.4, 0.5) is 11.9 Å². The molecule has 2 fully saturated rings. The van der Waals surface area contributed by atoms with E-state index in [4.69, 9.17) is 24.8 Å². The molecule has 0 amide bonds. The van der Waals surface area contributed by atoms with Crippen LogP contribution in [0.15, 0.2) is 73.1 Å². The molecule has 2 aromatic carbocycles. The van der Waals surface area contributed by atoms with Crippen LogP contribution in [-0.2, 0) is 22.5 Å². The molecular formula is C39H46N8O2. The van der Waals surface area contributed by atoms with Crippen molar-refractivity contribution >= 4 is 34.1 Å². The summed E-state index contributed by atoms with van der Waals surface area (Å²) in [4.78, 5) is 32.2. The zero-order chi connectivity index (χ0) is 34.1. The van der Waals surface area contributed by atoms with Crippen LogP contribution in [0.1, 0.15) is 62.1 Å². The van der Waals surface area contributed by atoms with E-state index in [0.29, 0.717) is 37.1 Å². The minimum Gasteiger partial charge on any atom is -0.381 e. The van der Waals surface area contributed by atoms with Gasteiger partial charge in [-0.1, -0.05) is 62.4 Å². The second-order valence-electron chi connectivity index (χ2n) is 14.0. The van der Waals surface area contributed by atoms with Crippen molar-refractivity contribution in [3.63, 3.8) is 0 Å². The highest BCUT2D eigenvalue weighted by atomic mass is 16.5. The van der Waals surface area contributed by atoms with Gasteiger partial charge in [-0.3, -0.25) is 9.78 Å². The van der Waals surface area contributed by atoms with Crippen molar-refractivity contribution in [2.75, 3.05) is 38.0 Å². The van der Waals surface area contributed by atoms with Gasteiger partial charge in [-0.2, -0.15) is 19.6 Å². The summed E-state index contributed by atoms with van der Waals surface area (Å²) in [6.07, 6.45) is 12.3. The van der Waals surface area contributed by atoms with Gasteiger partial charge in [0.2, 0.25) is 11.9 Å². The topological polar surface area (TPSA) is 101 Å². The molecule has 254 valence electrons. The molecule has 1 N–H and O–H groups in total. The van der Waals surface area contributed by atoms with Gasteiger partial charge in [0.1, 0.15) is 0 Å². The molecule has 10 nitrogen and oxygen atoms in total. The maximum Gasteiger partial charge on any atom is 0.231 e. The Morgan fingerprint density at radius 3 is 2.63 bits per heavy atom. The SMILES string of the molecule is COC1CC2CCC(C1)N2c1nc(NCc2ccccc2-c2nccc3cc(CC(=O)/C=C/CN(C)C)ccc23)n2ncc(C(C)C)c2n1. The third kappa shape index (κ3) is 6.80. The minimum atomic E-state index is 0.0960. The average Bonchev–Trinajstić information content (AvgIpc) is 3.64. The Bertz CT molecular complexity index is 1990. The lowest BCUT2D eigenvalue weighted by Gasteiger charge is -2.38. The largest absolute Gasteiger partial charge is 0.381 e. The zero-order valence-electron chi connectivity index (χ0n) is 29.1. The normalized spacial score (nSPS) is 19.2. The number of ketones is 1. The van der Waals surface area contributed by atoms with E-state index >= 15 is 0 Å². The van der Waals surface area contributed by atoms with E-state index in [1.54, 1.807) is 6.08 Å². The van der Waals surface area contributed by atoms with E-state index in [9.17, 15) is 4.79 Å². The van der Waals surface area contributed by atoms with Crippen LogP contribution in [0.2, 0.25) is 0 Å². The number of hydrogen-bond donors (Lipinski definition) is 1. The molecule has 2 unspecified atom stereocenters. The summed E-state index contributed by atoms with van der Waals surface area (Å²) in [5.41, 5.74) is 6.00. The van der Waals surface area contributed by atoms with Crippen LogP contribution in [-0.4, -0.2) is 81.2 Å². The second kappa shape index (κ2) is 14.1. The molecule has 3 aromatic heterocycles.